The van der Waals surface area contributed by atoms with E-state index < -0.39 is 0 Å². The van der Waals surface area contributed by atoms with E-state index >= 15 is 0 Å². The molecule has 0 aliphatic carbocycles. The number of likely N-dealkylation sites (tertiary alicyclic amines) is 1. The van der Waals surface area contributed by atoms with E-state index in [1.165, 1.54) is 28.9 Å². The molecule has 1 aliphatic heterocycles. The Bertz CT molecular complexity index is 994. The van der Waals surface area contributed by atoms with E-state index in [9.17, 15) is 0 Å². The van der Waals surface area contributed by atoms with Gasteiger partial charge in [0.1, 0.15) is 0 Å². The lowest BCUT2D eigenvalue weighted by atomic mass is 10.0. The third-order valence-electron chi connectivity index (χ3n) is 5.97. The molecule has 0 saturated carbocycles. The molecule has 152 valence electrons. The summed E-state index contributed by atoms with van der Waals surface area (Å²) in [6.45, 7) is 9.36. The fourth-order valence-electron chi connectivity index (χ4n) is 4.43. The predicted molar refractivity (Wildman–Crippen MR) is 118 cm³/mol. The maximum Gasteiger partial charge on any atom is 0.0581 e. The Kier molecular flexibility index (Phi) is 6.02. The molecule has 3 aromatic rings. The van der Waals surface area contributed by atoms with Crippen LogP contribution in [0.5, 0.6) is 0 Å². The summed E-state index contributed by atoms with van der Waals surface area (Å²) >= 11 is 6.39. The lowest BCUT2D eigenvalue weighted by Crippen LogP contribution is -2.24. The van der Waals surface area contributed by atoms with Gasteiger partial charge in [-0.1, -0.05) is 29.8 Å². The smallest absolute Gasteiger partial charge is 0.0581 e. The second kappa shape index (κ2) is 8.68. The van der Waals surface area contributed by atoms with Crippen LogP contribution in [-0.2, 0) is 19.5 Å². The largest absolute Gasteiger partial charge is 0.290 e. The Morgan fingerprint density at radius 2 is 1.97 bits per heavy atom. The first kappa shape index (κ1) is 20.1. The van der Waals surface area contributed by atoms with E-state index in [4.69, 9.17) is 16.6 Å². The van der Waals surface area contributed by atoms with Gasteiger partial charge in [0.2, 0.25) is 0 Å². The second-order valence-corrected chi connectivity index (χ2v) is 8.42. The molecule has 0 amide bonds. The highest BCUT2D eigenvalue weighted by Crippen LogP contribution is 2.33. The third-order valence-corrected chi connectivity index (χ3v) is 6.34. The number of rotatable bonds is 6. The van der Waals surface area contributed by atoms with Crippen molar-refractivity contribution in [3.05, 3.63) is 81.4 Å². The fourth-order valence-corrected chi connectivity index (χ4v) is 4.63. The van der Waals surface area contributed by atoms with Crippen LogP contribution in [0.3, 0.4) is 0 Å². The molecule has 0 unspecified atom stereocenters. The van der Waals surface area contributed by atoms with Crippen LogP contribution in [-0.4, -0.2) is 26.2 Å². The summed E-state index contributed by atoms with van der Waals surface area (Å²) in [5.74, 6) is 0. The highest BCUT2D eigenvalue weighted by atomic mass is 35.5. The molecule has 0 bridgehead atoms. The number of hydrogen-bond acceptors (Lipinski definition) is 3. The number of aryl methyl sites for hydroxylation is 2. The Labute approximate surface area is 178 Å². The minimum atomic E-state index is 0.365. The number of benzene rings is 1. The molecule has 3 heterocycles. The maximum absolute atomic E-state index is 6.39. The first-order chi connectivity index (χ1) is 14.0. The summed E-state index contributed by atoms with van der Waals surface area (Å²) in [6.07, 6.45) is 5.23. The second-order valence-electron chi connectivity index (χ2n) is 8.01. The SMILES string of the molecule is CCn1ncc(CN2CCC[C@H]2c2cc(Cc3ccccc3Cl)cc(C)n2)c1C. The Balaban J connectivity index is 1.57. The summed E-state index contributed by atoms with van der Waals surface area (Å²) in [6, 6.07) is 12.9. The van der Waals surface area contributed by atoms with Gasteiger partial charge in [0.25, 0.3) is 0 Å². The summed E-state index contributed by atoms with van der Waals surface area (Å²) in [4.78, 5) is 7.48. The molecule has 29 heavy (non-hydrogen) atoms. The zero-order valence-corrected chi connectivity index (χ0v) is 18.3. The van der Waals surface area contributed by atoms with Gasteiger partial charge in [-0.05, 0) is 75.9 Å². The molecule has 1 saturated heterocycles. The summed E-state index contributed by atoms with van der Waals surface area (Å²) in [5.41, 5.74) is 7.30. The maximum atomic E-state index is 6.39. The lowest BCUT2D eigenvalue weighted by molar-refractivity contribution is 0.243. The number of nitrogens with zero attached hydrogens (tertiary/aromatic N) is 4. The van der Waals surface area contributed by atoms with Crippen LogP contribution in [0, 0.1) is 13.8 Å². The molecule has 1 aliphatic rings. The molecule has 1 atom stereocenters. The van der Waals surface area contributed by atoms with Crippen LogP contribution >= 0.6 is 11.6 Å². The van der Waals surface area contributed by atoms with Gasteiger partial charge in [-0.2, -0.15) is 5.10 Å². The van der Waals surface area contributed by atoms with Crippen molar-refractivity contribution >= 4 is 11.6 Å². The van der Waals surface area contributed by atoms with E-state index in [0.29, 0.717) is 6.04 Å². The van der Waals surface area contributed by atoms with Crippen molar-refractivity contribution in [2.45, 2.75) is 59.2 Å². The third kappa shape index (κ3) is 4.39. The van der Waals surface area contributed by atoms with Crippen molar-refractivity contribution in [1.82, 2.24) is 19.7 Å². The molecular weight excluding hydrogens is 380 g/mol. The molecule has 4 nitrogen and oxygen atoms in total. The molecule has 0 N–H and O–H groups in total. The highest BCUT2D eigenvalue weighted by molar-refractivity contribution is 6.31. The van der Waals surface area contributed by atoms with Gasteiger partial charge in [0.15, 0.2) is 0 Å². The van der Waals surface area contributed by atoms with Gasteiger partial charge in [-0.15, -0.1) is 0 Å². The molecule has 2 aromatic heterocycles. The molecular formula is C24H29ClN4. The standard InChI is InChI=1S/C24H29ClN4/c1-4-29-18(3)21(15-26-29)16-28-11-7-10-24(28)23-14-19(12-17(2)27-23)13-20-8-5-6-9-22(20)25/h5-6,8-9,12,14-15,24H,4,7,10-11,13,16H2,1-3H3/t24-/m0/s1. The zero-order chi connectivity index (χ0) is 20.4. The molecule has 1 fully saturated rings. The van der Waals surface area contributed by atoms with Gasteiger partial charge in [0.05, 0.1) is 17.9 Å². The topological polar surface area (TPSA) is 34.0 Å². The minimum absolute atomic E-state index is 0.365. The van der Waals surface area contributed by atoms with Crippen LogP contribution in [0.4, 0.5) is 0 Å². The van der Waals surface area contributed by atoms with Crippen molar-refractivity contribution in [2.24, 2.45) is 0 Å². The Morgan fingerprint density at radius 1 is 1.14 bits per heavy atom. The van der Waals surface area contributed by atoms with Gasteiger partial charge in [-0.25, -0.2) is 0 Å². The molecule has 0 spiro atoms. The van der Waals surface area contributed by atoms with E-state index in [2.05, 4.69) is 53.7 Å². The van der Waals surface area contributed by atoms with E-state index in [1.807, 2.05) is 24.4 Å². The number of pyridine rings is 1. The molecule has 5 heteroatoms. The quantitative estimate of drug-likeness (QED) is 0.540. The van der Waals surface area contributed by atoms with Crippen molar-refractivity contribution in [3.8, 4) is 0 Å². The minimum Gasteiger partial charge on any atom is -0.290 e. The first-order valence-electron chi connectivity index (χ1n) is 10.5. The van der Waals surface area contributed by atoms with Crippen LogP contribution < -0.4 is 0 Å². The number of halogens is 1. The first-order valence-corrected chi connectivity index (χ1v) is 10.9. The van der Waals surface area contributed by atoms with Crippen molar-refractivity contribution in [1.29, 1.82) is 0 Å². The summed E-state index contributed by atoms with van der Waals surface area (Å²) in [5, 5.41) is 5.35. The van der Waals surface area contributed by atoms with Crippen molar-refractivity contribution < 1.29 is 0 Å². The van der Waals surface area contributed by atoms with Gasteiger partial charge < -0.3 is 0 Å². The molecule has 1 aromatic carbocycles. The van der Waals surface area contributed by atoms with E-state index in [0.717, 1.165) is 48.8 Å². The van der Waals surface area contributed by atoms with Crippen LogP contribution in [0.1, 0.15) is 59.6 Å². The average Bonchev–Trinajstić information content (AvgIpc) is 3.30. The summed E-state index contributed by atoms with van der Waals surface area (Å²) in [7, 11) is 0. The lowest BCUT2D eigenvalue weighted by Gasteiger charge is -2.24. The van der Waals surface area contributed by atoms with Crippen molar-refractivity contribution in [2.75, 3.05) is 6.54 Å². The van der Waals surface area contributed by atoms with E-state index in [-0.39, 0.29) is 0 Å². The Hall–Kier alpha value is -2.17. The number of hydrogen-bond donors (Lipinski definition) is 0. The average molecular weight is 409 g/mol. The zero-order valence-electron chi connectivity index (χ0n) is 17.5. The fraction of sp³-hybridized carbons (Fsp3) is 0.417. The molecule has 0 radical (unpaired) electrons. The normalized spacial score (nSPS) is 17.2. The number of aromatic nitrogens is 3. The van der Waals surface area contributed by atoms with Crippen molar-refractivity contribution in [3.63, 3.8) is 0 Å². The van der Waals surface area contributed by atoms with Gasteiger partial charge in [-0.3, -0.25) is 14.6 Å². The monoisotopic (exact) mass is 408 g/mol. The predicted octanol–water partition coefficient (Wildman–Crippen LogP) is 5.50. The highest BCUT2D eigenvalue weighted by Gasteiger charge is 2.28. The van der Waals surface area contributed by atoms with E-state index in [1.54, 1.807) is 0 Å². The van der Waals surface area contributed by atoms with Gasteiger partial charge in [0, 0.05) is 35.1 Å². The van der Waals surface area contributed by atoms with Crippen LogP contribution in [0.15, 0.2) is 42.6 Å². The van der Waals surface area contributed by atoms with Gasteiger partial charge >= 0.3 is 0 Å². The summed E-state index contributed by atoms with van der Waals surface area (Å²) < 4.78 is 2.08. The van der Waals surface area contributed by atoms with Crippen LogP contribution in [0.25, 0.3) is 0 Å². The molecule has 4 rings (SSSR count). The van der Waals surface area contributed by atoms with Crippen LogP contribution in [0.2, 0.25) is 5.02 Å². The Morgan fingerprint density at radius 3 is 2.72 bits per heavy atom.